The zero-order chi connectivity index (χ0) is 9.14. The van der Waals surface area contributed by atoms with Crippen LogP contribution in [0.3, 0.4) is 0 Å². The number of hydrogen-bond acceptors (Lipinski definition) is 1. The van der Waals surface area contributed by atoms with Crippen LogP contribution >= 0.6 is 27.5 Å². The van der Waals surface area contributed by atoms with Gasteiger partial charge in [0.15, 0.2) is 0 Å². The minimum atomic E-state index is 0.650. The Labute approximate surface area is 85.1 Å². The first-order valence-electron chi connectivity index (χ1n) is 3.57. The standard InChI is InChI=1S/C9H7BrClN/c1-2-7-6(5-12)3-4-8(10)9(7)11/h3-4H,2H2,1H3. The highest BCUT2D eigenvalue weighted by Crippen LogP contribution is 2.28. The summed E-state index contributed by atoms with van der Waals surface area (Å²) in [6.07, 6.45) is 0.779. The largest absolute Gasteiger partial charge is 0.192 e. The molecule has 0 atom stereocenters. The Morgan fingerprint density at radius 2 is 2.25 bits per heavy atom. The van der Waals surface area contributed by atoms with Crippen LogP contribution in [0.4, 0.5) is 0 Å². The quantitative estimate of drug-likeness (QED) is 0.741. The van der Waals surface area contributed by atoms with E-state index in [1.165, 1.54) is 0 Å². The third kappa shape index (κ3) is 1.63. The fourth-order valence-corrected chi connectivity index (χ4v) is 1.71. The molecule has 1 nitrogen and oxygen atoms in total. The molecule has 1 aromatic rings. The fraction of sp³-hybridized carbons (Fsp3) is 0.222. The molecule has 0 aliphatic carbocycles. The third-order valence-corrected chi connectivity index (χ3v) is 2.99. The Bertz CT molecular complexity index is 341. The Balaban J connectivity index is 3.38. The third-order valence-electron chi connectivity index (χ3n) is 1.67. The molecule has 1 rings (SSSR count). The van der Waals surface area contributed by atoms with Gasteiger partial charge in [0.05, 0.1) is 16.7 Å². The molecule has 0 unspecified atom stereocenters. The highest BCUT2D eigenvalue weighted by atomic mass is 79.9. The van der Waals surface area contributed by atoms with Crippen LogP contribution in [0.25, 0.3) is 0 Å². The predicted molar refractivity (Wildman–Crippen MR) is 53.2 cm³/mol. The molecule has 0 radical (unpaired) electrons. The van der Waals surface area contributed by atoms with E-state index in [1.54, 1.807) is 12.1 Å². The molecule has 0 N–H and O–H groups in total. The molecule has 0 heterocycles. The SMILES string of the molecule is CCc1c(C#N)ccc(Br)c1Cl. The van der Waals surface area contributed by atoms with E-state index in [0.29, 0.717) is 10.6 Å². The van der Waals surface area contributed by atoms with Gasteiger partial charge in [-0.25, -0.2) is 0 Å². The van der Waals surface area contributed by atoms with E-state index >= 15 is 0 Å². The minimum absolute atomic E-state index is 0.650. The van der Waals surface area contributed by atoms with Crippen molar-refractivity contribution < 1.29 is 0 Å². The lowest BCUT2D eigenvalue weighted by molar-refractivity contribution is 1.12. The van der Waals surface area contributed by atoms with Gasteiger partial charge in [-0.05, 0) is 40.0 Å². The highest BCUT2D eigenvalue weighted by Gasteiger charge is 2.07. The lowest BCUT2D eigenvalue weighted by Gasteiger charge is -2.04. The average molecular weight is 245 g/mol. The van der Waals surface area contributed by atoms with Gasteiger partial charge >= 0.3 is 0 Å². The van der Waals surface area contributed by atoms with Crippen LogP contribution in [0.1, 0.15) is 18.1 Å². The molecule has 0 aromatic heterocycles. The van der Waals surface area contributed by atoms with Gasteiger partial charge in [-0.3, -0.25) is 0 Å². The maximum absolute atomic E-state index is 8.74. The summed E-state index contributed by atoms with van der Waals surface area (Å²) in [5.41, 5.74) is 1.57. The zero-order valence-corrected chi connectivity index (χ0v) is 8.91. The second-order valence-electron chi connectivity index (χ2n) is 2.35. The molecular weight excluding hydrogens is 237 g/mol. The Kier molecular flexibility index (Phi) is 3.13. The van der Waals surface area contributed by atoms with Crippen molar-refractivity contribution >= 4 is 27.5 Å². The van der Waals surface area contributed by atoms with Crippen LogP contribution in [0, 0.1) is 11.3 Å². The van der Waals surface area contributed by atoms with Gasteiger partial charge in [-0.1, -0.05) is 18.5 Å². The Morgan fingerprint density at radius 1 is 1.58 bits per heavy atom. The number of hydrogen-bond donors (Lipinski definition) is 0. The molecule has 0 amide bonds. The van der Waals surface area contributed by atoms with Crippen LogP contribution in [0.2, 0.25) is 5.02 Å². The van der Waals surface area contributed by atoms with Gasteiger partial charge in [0.1, 0.15) is 0 Å². The molecule has 0 saturated carbocycles. The van der Waals surface area contributed by atoms with Crippen molar-refractivity contribution in [3.05, 3.63) is 32.8 Å². The number of nitriles is 1. The Hall–Kier alpha value is -0.520. The first-order valence-corrected chi connectivity index (χ1v) is 4.74. The van der Waals surface area contributed by atoms with E-state index in [2.05, 4.69) is 22.0 Å². The van der Waals surface area contributed by atoms with Crippen molar-refractivity contribution in [2.24, 2.45) is 0 Å². The second kappa shape index (κ2) is 3.93. The van der Waals surface area contributed by atoms with Gasteiger partial charge in [0.25, 0.3) is 0 Å². The number of rotatable bonds is 1. The number of nitrogens with zero attached hydrogens (tertiary/aromatic N) is 1. The van der Waals surface area contributed by atoms with Crippen LogP contribution < -0.4 is 0 Å². The molecular formula is C9H7BrClN. The summed E-state index contributed by atoms with van der Waals surface area (Å²) in [6, 6.07) is 5.67. The van der Waals surface area contributed by atoms with Crippen molar-refractivity contribution in [2.45, 2.75) is 13.3 Å². The van der Waals surface area contributed by atoms with E-state index in [1.807, 2.05) is 6.92 Å². The van der Waals surface area contributed by atoms with E-state index in [4.69, 9.17) is 16.9 Å². The van der Waals surface area contributed by atoms with Gasteiger partial charge in [-0.2, -0.15) is 5.26 Å². The van der Waals surface area contributed by atoms with Gasteiger partial charge in [-0.15, -0.1) is 0 Å². The van der Waals surface area contributed by atoms with E-state index in [-0.39, 0.29) is 0 Å². The summed E-state index contributed by atoms with van der Waals surface area (Å²) < 4.78 is 0.847. The summed E-state index contributed by atoms with van der Waals surface area (Å²) >= 11 is 9.29. The summed E-state index contributed by atoms with van der Waals surface area (Å²) in [5, 5.41) is 9.39. The molecule has 0 saturated heterocycles. The van der Waals surface area contributed by atoms with Crippen LogP contribution in [-0.4, -0.2) is 0 Å². The molecule has 0 aliphatic rings. The van der Waals surface area contributed by atoms with Crippen LogP contribution in [-0.2, 0) is 6.42 Å². The van der Waals surface area contributed by atoms with Crippen molar-refractivity contribution in [3.8, 4) is 6.07 Å². The van der Waals surface area contributed by atoms with Crippen molar-refractivity contribution in [2.75, 3.05) is 0 Å². The summed E-state index contributed by atoms with van der Waals surface area (Å²) in [5.74, 6) is 0. The Morgan fingerprint density at radius 3 is 2.75 bits per heavy atom. The molecule has 1 aromatic carbocycles. The van der Waals surface area contributed by atoms with E-state index in [0.717, 1.165) is 16.5 Å². The smallest absolute Gasteiger partial charge is 0.0995 e. The van der Waals surface area contributed by atoms with Gasteiger partial charge in [0.2, 0.25) is 0 Å². The van der Waals surface area contributed by atoms with E-state index in [9.17, 15) is 0 Å². The first kappa shape index (κ1) is 9.57. The van der Waals surface area contributed by atoms with E-state index < -0.39 is 0 Å². The predicted octanol–water partition coefficient (Wildman–Crippen LogP) is 3.54. The normalized spacial score (nSPS) is 9.50. The molecule has 0 fully saturated rings. The topological polar surface area (TPSA) is 23.8 Å². The van der Waals surface area contributed by atoms with Gasteiger partial charge < -0.3 is 0 Å². The fourth-order valence-electron chi connectivity index (χ4n) is 1.04. The van der Waals surface area contributed by atoms with Crippen molar-refractivity contribution in [1.82, 2.24) is 0 Å². The first-order chi connectivity index (χ1) is 5.70. The van der Waals surface area contributed by atoms with Crippen molar-refractivity contribution in [1.29, 1.82) is 5.26 Å². The number of benzene rings is 1. The second-order valence-corrected chi connectivity index (χ2v) is 3.59. The molecule has 0 spiro atoms. The van der Waals surface area contributed by atoms with Gasteiger partial charge in [0, 0.05) is 4.47 Å². The average Bonchev–Trinajstić information content (AvgIpc) is 2.09. The molecule has 3 heteroatoms. The summed E-state index contributed by atoms with van der Waals surface area (Å²) in [6.45, 7) is 1.98. The highest BCUT2D eigenvalue weighted by molar-refractivity contribution is 9.10. The summed E-state index contributed by atoms with van der Waals surface area (Å²) in [4.78, 5) is 0. The maximum Gasteiger partial charge on any atom is 0.0995 e. The zero-order valence-electron chi connectivity index (χ0n) is 6.56. The maximum atomic E-state index is 8.74. The lowest BCUT2D eigenvalue weighted by Crippen LogP contribution is -1.89. The van der Waals surface area contributed by atoms with Crippen molar-refractivity contribution in [3.63, 3.8) is 0 Å². The van der Waals surface area contributed by atoms with Crippen LogP contribution in [0.5, 0.6) is 0 Å². The minimum Gasteiger partial charge on any atom is -0.192 e. The monoisotopic (exact) mass is 243 g/mol. The molecule has 12 heavy (non-hydrogen) atoms. The van der Waals surface area contributed by atoms with Crippen LogP contribution in [0.15, 0.2) is 16.6 Å². The molecule has 0 bridgehead atoms. The molecule has 62 valence electrons. The lowest BCUT2D eigenvalue weighted by atomic mass is 10.1. The summed E-state index contributed by atoms with van der Waals surface area (Å²) in [7, 11) is 0. The number of halogens is 2. The molecule has 0 aliphatic heterocycles.